The van der Waals surface area contributed by atoms with E-state index >= 15 is 0 Å². The molecule has 0 heterocycles. The zero-order valence-corrected chi connectivity index (χ0v) is 10.8. The van der Waals surface area contributed by atoms with Crippen LogP contribution in [0.25, 0.3) is 0 Å². The number of hydrogen-bond donors (Lipinski definition) is 2. The van der Waals surface area contributed by atoms with Crippen molar-refractivity contribution in [2.75, 3.05) is 14.1 Å². The molecule has 5 nitrogen and oxygen atoms in total. The van der Waals surface area contributed by atoms with Crippen LogP contribution < -0.4 is 5.73 Å². The van der Waals surface area contributed by atoms with Gasteiger partial charge in [-0.25, -0.2) is 0 Å². The van der Waals surface area contributed by atoms with Crippen molar-refractivity contribution in [1.29, 1.82) is 0 Å². The number of Topliss-reactive ketones (excluding diaryl/α,β-unsaturated/α-hetero) is 1. The molecule has 0 saturated heterocycles. The minimum atomic E-state index is -0.500. The monoisotopic (exact) mass is 252 g/mol. The van der Waals surface area contributed by atoms with Crippen molar-refractivity contribution in [3.05, 3.63) is 0 Å². The van der Waals surface area contributed by atoms with Gasteiger partial charge in [0, 0.05) is 14.1 Å². The molecule has 0 aliphatic heterocycles. The maximum atomic E-state index is 10.7. The predicted octanol–water partition coefficient (Wildman–Crippen LogP) is 0.615. The van der Waals surface area contributed by atoms with Crippen LogP contribution in [-0.4, -0.2) is 46.3 Å². The van der Waals surface area contributed by atoms with Gasteiger partial charge in [0.1, 0.15) is 0 Å². The van der Waals surface area contributed by atoms with Crippen LogP contribution in [0.2, 0.25) is 0 Å². The second kappa shape index (κ2) is 8.37. The van der Waals surface area contributed by atoms with E-state index in [0.29, 0.717) is 5.17 Å². The van der Waals surface area contributed by atoms with Gasteiger partial charge in [-0.15, -0.1) is 0 Å². The Morgan fingerprint density at radius 2 is 1.80 bits per heavy atom. The summed E-state index contributed by atoms with van der Waals surface area (Å²) in [6.07, 6.45) is -0.440. The Morgan fingerprint density at radius 1 is 1.47 bits per heavy atom. The standard InChI is InChI=1S/C7H13NO2S.CH3NOS/c1-5(9)6(2)10-7(11)8(3)4;2-1(3)4/h6H,1-4H3;(H3,2,3,4). The molecular weight excluding hydrogens is 236 g/mol. The zero-order valence-electron chi connectivity index (χ0n) is 9.18. The van der Waals surface area contributed by atoms with Crippen molar-refractivity contribution in [3.8, 4) is 0 Å². The summed E-state index contributed by atoms with van der Waals surface area (Å²) in [5, 5.41) is 7.41. The Labute approximate surface area is 100 Å². The lowest BCUT2D eigenvalue weighted by Crippen LogP contribution is -2.29. The maximum absolute atomic E-state index is 10.7. The fourth-order valence-electron chi connectivity index (χ4n) is 0.340. The molecule has 0 bridgehead atoms. The third kappa shape index (κ3) is 13.1. The third-order valence-corrected chi connectivity index (χ3v) is 1.68. The van der Waals surface area contributed by atoms with Gasteiger partial charge in [0.05, 0.1) is 0 Å². The Bertz CT molecular complexity index is 240. The second-order valence-corrected chi connectivity index (χ2v) is 3.64. The summed E-state index contributed by atoms with van der Waals surface area (Å²) in [4.78, 5) is 12.3. The molecule has 0 aromatic rings. The van der Waals surface area contributed by atoms with Crippen LogP contribution in [0.3, 0.4) is 0 Å². The lowest BCUT2D eigenvalue weighted by molar-refractivity contribution is -0.123. The average molecular weight is 252 g/mol. The van der Waals surface area contributed by atoms with E-state index in [9.17, 15) is 4.79 Å². The molecular formula is C8H16N2O3S2. The number of ether oxygens (including phenoxy) is 1. The molecule has 0 aromatic carbocycles. The van der Waals surface area contributed by atoms with Crippen LogP contribution in [0.4, 0.5) is 0 Å². The van der Waals surface area contributed by atoms with E-state index < -0.39 is 11.3 Å². The van der Waals surface area contributed by atoms with E-state index in [4.69, 9.17) is 22.1 Å². The number of nitrogens with two attached hydrogens (primary N) is 1. The van der Waals surface area contributed by atoms with E-state index in [1.54, 1.807) is 25.9 Å². The van der Waals surface area contributed by atoms with E-state index in [1.807, 2.05) is 0 Å². The molecule has 7 heteroatoms. The van der Waals surface area contributed by atoms with E-state index in [2.05, 4.69) is 18.0 Å². The Balaban J connectivity index is 0. The molecule has 3 N–H and O–H groups in total. The second-order valence-electron chi connectivity index (χ2n) is 2.87. The summed E-state index contributed by atoms with van der Waals surface area (Å²) in [7, 11) is 3.55. The first-order valence-electron chi connectivity index (χ1n) is 4.05. The van der Waals surface area contributed by atoms with Gasteiger partial charge in [0.2, 0.25) is 0 Å². The summed E-state index contributed by atoms with van der Waals surface area (Å²) < 4.78 is 5.08. The number of hydrogen-bond acceptors (Lipinski definition) is 4. The molecule has 0 saturated carbocycles. The summed E-state index contributed by atoms with van der Waals surface area (Å²) in [5.74, 6) is -0.0193. The van der Waals surface area contributed by atoms with Gasteiger partial charge >= 0.3 is 0 Å². The molecule has 0 aliphatic carbocycles. The first-order valence-corrected chi connectivity index (χ1v) is 4.87. The summed E-state index contributed by atoms with van der Waals surface area (Å²) in [5.41, 5.74) is 4.40. The fraction of sp³-hybridized carbons (Fsp3) is 0.625. The van der Waals surface area contributed by atoms with Crippen molar-refractivity contribution in [1.82, 2.24) is 4.90 Å². The lowest BCUT2D eigenvalue weighted by Gasteiger charge is -2.17. The van der Waals surface area contributed by atoms with E-state index in [-0.39, 0.29) is 5.78 Å². The quantitative estimate of drug-likeness (QED) is 0.697. The molecule has 88 valence electrons. The van der Waals surface area contributed by atoms with Crippen molar-refractivity contribution in [3.63, 3.8) is 0 Å². The van der Waals surface area contributed by atoms with Gasteiger partial charge in [0.25, 0.3) is 10.3 Å². The predicted molar refractivity (Wildman–Crippen MR) is 66.9 cm³/mol. The van der Waals surface area contributed by atoms with Crippen molar-refractivity contribution in [2.24, 2.45) is 5.73 Å². The maximum Gasteiger partial charge on any atom is 0.259 e. The van der Waals surface area contributed by atoms with Crippen LogP contribution in [0, 0.1) is 0 Å². The summed E-state index contributed by atoms with van der Waals surface area (Å²) in [6.45, 7) is 3.15. The van der Waals surface area contributed by atoms with Gasteiger partial charge in [-0.3, -0.25) is 4.79 Å². The van der Waals surface area contributed by atoms with Gasteiger partial charge in [-0.2, -0.15) is 0 Å². The smallest absolute Gasteiger partial charge is 0.259 e. The number of ketones is 1. The van der Waals surface area contributed by atoms with Gasteiger partial charge < -0.3 is 20.5 Å². The highest BCUT2D eigenvalue weighted by Gasteiger charge is 2.11. The number of thiocarbonyl (C=S) groups is 2. The minimum absolute atomic E-state index is 0.0193. The first kappa shape index (κ1) is 16.5. The minimum Gasteiger partial charge on any atom is -0.487 e. The van der Waals surface area contributed by atoms with Gasteiger partial charge in [-0.1, -0.05) is 0 Å². The summed E-state index contributed by atoms with van der Waals surface area (Å²) in [6, 6.07) is 0. The largest absolute Gasteiger partial charge is 0.487 e. The van der Waals surface area contributed by atoms with Gasteiger partial charge in [0.15, 0.2) is 11.9 Å². The lowest BCUT2D eigenvalue weighted by atomic mass is 10.3. The van der Waals surface area contributed by atoms with Crippen LogP contribution in [0.5, 0.6) is 0 Å². The zero-order chi connectivity index (χ0) is 12.6. The highest BCUT2D eigenvalue weighted by Crippen LogP contribution is 1.96. The van der Waals surface area contributed by atoms with Gasteiger partial charge in [-0.05, 0) is 38.3 Å². The van der Waals surface area contributed by atoms with E-state index in [0.717, 1.165) is 0 Å². The molecule has 0 fully saturated rings. The topological polar surface area (TPSA) is 75.8 Å². The van der Waals surface area contributed by atoms with Crippen LogP contribution in [0.15, 0.2) is 0 Å². The SMILES string of the molecule is CC(=O)C(C)OC(=S)N(C)C.NC(O)=S. The van der Waals surface area contributed by atoms with Crippen LogP contribution in [0.1, 0.15) is 13.8 Å². The molecule has 0 rings (SSSR count). The average Bonchev–Trinajstić information content (AvgIpc) is 2.02. The molecule has 1 atom stereocenters. The summed E-state index contributed by atoms with van der Waals surface area (Å²) >= 11 is 8.70. The van der Waals surface area contributed by atoms with Crippen LogP contribution in [-0.2, 0) is 9.53 Å². The number of carbonyl (C=O) groups excluding carboxylic acids is 1. The molecule has 0 amide bonds. The number of aliphatic hydroxyl groups excluding tert-OH is 1. The number of aliphatic hydroxyl groups is 1. The number of nitrogens with zero attached hydrogens (tertiary/aromatic N) is 1. The van der Waals surface area contributed by atoms with Crippen molar-refractivity contribution < 1.29 is 14.6 Å². The number of carbonyl (C=O) groups is 1. The molecule has 0 aliphatic rings. The molecule has 0 aromatic heterocycles. The Hall–Kier alpha value is -0.950. The third-order valence-electron chi connectivity index (χ3n) is 1.22. The highest BCUT2D eigenvalue weighted by atomic mass is 32.1. The van der Waals surface area contributed by atoms with Crippen molar-refractivity contribution >= 4 is 40.6 Å². The van der Waals surface area contributed by atoms with Crippen LogP contribution >= 0.6 is 24.4 Å². The fourth-order valence-corrected chi connectivity index (χ4v) is 0.484. The molecule has 1 unspecified atom stereocenters. The normalized spacial score (nSPS) is 10.4. The van der Waals surface area contributed by atoms with E-state index in [1.165, 1.54) is 6.92 Å². The Kier molecular flexibility index (Phi) is 9.19. The molecule has 0 spiro atoms. The highest BCUT2D eigenvalue weighted by molar-refractivity contribution is 7.80. The molecule has 0 radical (unpaired) electrons. The number of rotatable bonds is 2. The molecule has 15 heavy (non-hydrogen) atoms. The van der Waals surface area contributed by atoms with Crippen molar-refractivity contribution in [2.45, 2.75) is 20.0 Å². The Morgan fingerprint density at radius 3 is 2.00 bits per heavy atom. The first-order chi connectivity index (χ1) is 6.68.